The van der Waals surface area contributed by atoms with Gasteiger partial charge in [0.05, 0.1) is 6.10 Å². The van der Waals surface area contributed by atoms with Crippen molar-refractivity contribution in [3.8, 4) is 5.75 Å². The Balaban J connectivity index is 1.87. The van der Waals surface area contributed by atoms with Crippen LogP contribution in [-0.4, -0.2) is 17.2 Å². The highest BCUT2D eigenvalue weighted by molar-refractivity contribution is 5.66. The summed E-state index contributed by atoms with van der Waals surface area (Å²) in [4.78, 5) is 10.7. The lowest BCUT2D eigenvalue weighted by Crippen LogP contribution is -3.61. The number of carboxylic acids is 1. The van der Waals surface area contributed by atoms with Crippen LogP contribution in [0.4, 0.5) is 0 Å². The van der Waals surface area contributed by atoms with Crippen molar-refractivity contribution in [2.24, 2.45) is 0 Å². The van der Waals surface area contributed by atoms with Crippen LogP contribution in [0.5, 0.6) is 5.75 Å². The predicted molar refractivity (Wildman–Crippen MR) is 105 cm³/mol. The zero-order chi connectivity index (χ0) is 19.3. The fraction of sp³-hybridized carbons (Fsp3) is 0.435. The molecule has 146 valence electrons. The Bertz CT molecular complexity index is 655. The van der Waals surface area contributed by atoms with Gasteiger partial charge in [-0.1, -0.05) is 38.0 Å². The number of hydrogen-bond donors (Lipinski definition) is 1. The maximum Gasteiger partial charge on any atom is 0.357 e. The molecule has 0 aromatic heterocycles. The van der Waals surface area contributed by atoms with E-state index >= 15 is 0 Å². The molecule has 0 bridgehead atoms. The number of halogens is 1. The molecule has 0 fully saturated rings. The lowest BCUT2D eigenvalue weighted by atomic mass is 10.0. The Morgan fingerprint density at radius 2 is 1.56 bits per heavy atom. The van der Waals surface area contributed by atoms with Gasteiger partial charge < -0.3 is 9.84 Å². The SMILES string of the molecule is CCCCCC(CCCCC(=O)O)Oc1ccc([I+]c2ccccc2)cc1. The van der Waals surface area contributed by atoms with E-state index in [1.807, 2.05) is 0 Å². The van der Waals surface area contributed by atoms with Gasteiger partial charge in [-0.2, -0.15) is 0 Å². The average molecular weight is 481 g/mol. The van der Waals surface area contributed by atoms with Gasteiger partial charge in [-0.15, -0.1) is 0 Å². The Labute approximate surface area is 173 Å². The summed E-state index contributed by atoms with van der Waals surface area (Å²) in [5.74, 6) is 0.214. The van der Waals surface area contributed by atoms with Gasteiger partial charge in [0, 0.05) is 6.42 Å². The first-order chi connectivity index (χ1) is 13.2. The van der Waals surface area contributed by atoms with Gasteiger partial charge in [0.1, 0.15) is 5.75 Å². The number of hydrogen-bond acceptors (Lipinski definition) is 2. The topological polar surface area (TPSA) is 46.5 Å². The molecule has 2 aromatic carbocycles. The Kier molecular flexibility index (Phi) is 10.3. The molecular weight excluding hydrogens is 451 g/mol. The van der Waals surface area contributed by atoms with Gasteiger partial charge >= 0.3 is 27.2 Å². The van der Waals surface area contributed by atoms with Gasteiger partial charge in [-0.25, -0.2) is 0 Å². The zero-order valence-electron chi connectivity index (χ0n) is 16.1. The highest BCUT2D eigenvalue weighted by Crippen LogP contribution is 2.19. The molecule has 0 radical (unpaired) electrons. The van der Waals surface area contributed by atoms with Crippen molar-refractivity contribution < 1.29 is 35.8 Å². The molecule has 27 heavy (non-hydrogen) atoms. The van der Waals surface area contributed by atoms with Gasteiger partial charge in [0.25, 0.3) is 0 Å². The van der Waals surface area contributed by atoms with Crippen molar-refractivity contribution >= 4 is 5.97 Å². The Morgan fingerprint density at radius 3 is 2.19 bits per heavy atom. The number of unbranched alkanes of at least 4 members (excludes halogenated alkanes) is 3. The van der Waals surface area contributed by atoms with Crippen LogP contribution < -0.4 is 25.9 Å². The van der Waals surface area contributed by atoms with E-state index in [4.69, 9.17) is 9.84 Å². The summed E-state index contributed by atoms with van der Waals surface area (Å²) < 4.78 is 9.04. The fourth-order valence-corrected chi connectivity index (χ4v) is 5.12. The molecule has 0 aliphatic carbocycles. The molecule has 0 spiro atoms. The number of ether oxygens (including phenoxy) is 1. The molecule has 0 aliphatic rings. The normalized spacial score (nSPS) is 11.9. The highest BCUT2D eigenvalue weighted by atomic mass is 127. The summed E-state index contributed by atoms with van der Waals surface area (Å²) in [5, 5.41) is 8.79. The van der Waals surface area contributed by atoms with Crippen LogP contribution in [0.3, 0.4) is 0 Å². The van der Waals surface area contributed by atoms with Crippen molar-refractivity contribution in [1.29, 1.82) is 0 Å². The molecule has 0 heterocycles. The van der Waals surface area contributed by atoms with Gasteiger partial charge in [-0.3, -0.25) is 4.79 Å². The minimum atomic E-state index is -0.712. The molecule has 0 amide bonds. The van der Waals surface area contributed by atoms with Gasteiger partial charge in [-0.05, 0) is 68.5 Å². The van der Waals surface area contributed by atoms with Gasteiger partial charge in [0.15, 0.2) is 7.14 Å². The van der Waals surface area contributed by atoms with E-state index in [1.54, 1.807) is 0 Å². The smallest absolute Gasteiger partial charge is 0.357 e. The molecule has 2 aromatic rings. The van der Waals surface area contributed by atoms with Crippen LogP contribution in [0, 0.1) is 7.14 Å². The molecule has 1 atom stereocenters. The third-order valence-corrected chi connectivity index (χ3v) is 7.05. The minimum absolute atomic E-state index is 0.147. The van der Waals surface area contributed by atoms with E-state index in [0.29, 0.717) is 0 Å². The van der Waals surface area contributed by atoms with Crippen LogP contribution in [0.1, 0.15) is 58.3 Å². The summed E-state index contributed by atoms with van der Waals surface area (Å²) >= 11 is -0.147. The average Bonchev–Trinajstić information content (AvgIpc) is 2.67. The monoisotopic (exact) mass is 481 g/mol. The van der Waals surface area contributed by atoms with Crippen molar-refractivity contribution in [1.82, 2.24) is 0 Å². The Hall–Kier alpha value is -1.56. The predicted octanol–water partition coefficient (Wildman–Crippen LogP) is 2.79. The van der Waals surface area contributed by atoms with E-state index in [9.17, 15) is 4.79 Å². The number of carboxylic acid groups (broad SMARTS) is 1. The number of aliphatic carboxylic acids is 1. The van der Waals surface area contributed by atoms with Crippen LogP contribution in [-0.2, 0) is 4.79 Å². The van der Waals surface area contributed by atoms with Crippen molar-refractivity contribution in [3.63, 3.8) is 0 Å². The molecule has 0 aliphatic heterocycles. The summed E-state index contributed by atoms with van der Waals surface area (Å²) in [5.41, 5.74) is 0. The van der Waals surface area contributed by atoms with E-state index < -0.39 is 5.97 Å². The second-order valence-corrected chi connectivity index (χ2v) is 9.75. The highest BCUT2D eigenvalue weighted by Gasteiger charge is 2.16. The molecule has 2 rings (SSSR count). The third kappa shape index (κ3) is 9.27. The van der Waals surface area contributed by atoms with E-state index in [-0.39, 0.29) is 33.7 Å². The van der Waals surface area contributed by atoms with Crippen molar-refractivity contribution in [2.45, 2.75) is 64.4 Å². The molecule has 1 N–H and O–H groups in total. The maximum atomic E-state index is 10.7. The molecule has 0 saturated carbocycles. The second kappa shape index (κ2) is 12.8. The first-order valence-corrected chi connectivity index (χ1v) is 12.0. The number of carbonyl (C=O) groups is 1. The Morgan fingerprint density at radius 1 is 0.926 bits per heavy atom. The van der Waals surface area contributed by atoms with E-state index in [2.05, 4.69) is 61.5 Å². The lowest BCUT2D eigenvalue weighted by molar-refractivity contribution is -0.597. The number of benzene rings is 2. The molecule has 1 unspecified atom stereocenters. The maximum absolute atomic E-state index is 10.7. The first-order valence-electron chi connectivity index (χ1n) is 9.85. The minimum Gasteiger partial charge on any atom is -0.490 e. The van der Waals surface area contributed by atoms with E-state index in [1.165, 1.54) is 20.0 Å². The third-order valence-electron chi connectivity index (χ3n) is 4.36. The number of rotatable bonds is 13. The molecule has 3 nitrogen and oxygen atoms in total. The van der Waals surface area contributed by atoms with E-state index in [0.717, 1.165) is 37.9 Å². The standard InChI is InChI=1S/C23H29IO3/c1-2-3-5-12-21(13-8-9-14-23(25)26)27-22-17-15-20(16-18-22)24-19-10-6-4-7-11-19/h4,6-7,10-11,15-18,21H,2-3,5,8-9,12-14H2,1H3/p+1. The van der Waals surface area contributed by atoms with Crippen LogP contribution in [0.2, 0.25) is 0 Å². The van der Waals surface area contributed by atoms with Crippen molar-refractivity contribution in [2.75, 3.05) is 0 Å². The van der Waals surface area contributed by atoms with Crippen LogP contribution >= 0.6 is 0 Å². The summed E-state index contributed by atoms with van der Waals surface area (Å²) in [6, 6.07) is 19.2. The quantitative estimate of drug-likeness (QED) is 0.354. The fourth-order valence-electron chi connectivity index (χ4n) is 2.90. The van der Waals surface area contributed by atoms with Crippen LogP contribution in [0.25, 0.3) is 0 Å². The van der Waals surface area contributed by atoms with Gasteiger partial charge in [0.2, 0.25) is 0 Å². The summed E-state index contributed by atoms with van der Waals surface area (Å²) in [6.07, 6.45) is 7.61. The second-order valence-electron chi connectivity index (χ2n) is 6.72. The summed E-state index contributed by atoms with van der Waals surface area (Å²) in [6.45, 7) is 2.21. The lowest BCUT2D eigenvalue weighted by Gasteiger charge is -2.19. The zero-order valence-corrected chi connectivity index (χ0v) is 18.2. The molecule has 4 heteroatoms. The molecular formula is C23H30IO3+. The van der Waals surface area contributed by atoms with Crippen LogP contribution in [0.15, 0.2) is 54.6 Å². The largest absolute Gasteiger partial charge is 0.490 e. The van der Waals surface area contributed by atoms with Crippen molar-refractivity contribution in [3.05, 3.63) is 61.7 Å². The first kappa shape index (κ1) is 21.7. The molecule has 0 saturated heterocycles. The summed E-state index contributed by atoms with van der Waals surface area (Å²) in [7, 11) is 0.